The Kier molecular flexibility index (Phi) is 43.0. The summed E-state index contributed by atoms with van der Waals surface area (Å²) in [6.07, 6.45) is 56.1. The lowest BCUT2D eigenvalue weighted by Gasteiger charge is -2.18. The third kappa shape index (κ3) is 43.8. The normalized spacial score (nSPS) is 12.7. The van der Waals surface area contributed by atoms with E-state index in [0.717, 1.165) is 89.9 Å². The van der Waals surface area contributed by atoms with E-state index < -0.39 is 6.10 Å². The molecule has 1 unspecified atom stereocenters. The lowest BCUT2D eigenvalue weighted by atomic mass is 10.1. The number of carbonyl (C=O) groups excluding carboxylic acids is 3. The van der Waals surface area contributed by atoms with E-state index >= 15 is 0 Å². The van der Waals surface area contributed by atoms with Gasteiger partial charge in [0.1, 0.15) is 13.2 Å². The van der Waals surface area contributed by atoms with Gasteiger partial charge in [0.2, 0.25) is 0 Å². The first kappa shape index (κ1) is 53.9. The van der Waals surface area contributed by atoms with Gasteiger partial charge in [-0.05, 0) is 83.5 Å². The Labute approximate surface area is 351 Å². The van der Waals surface area contributed by atoms with Crippen molar-refractivity contribution < 1.29 is 28.6 Å². The number of ether oxygens (including phenoxy) is 3. The quantitative estimate of drug-likeness (QED) is 0.0202. The van der Waals surface area contributed by atoms with Crippen molar-refractivity contribution in [1.29, 1.82) is 0 Å². The zero-order valence-electron chi connectivity index (χ0n) is 37.1. The Morgan fingerprint density at radius 1 is 0.386 bits per heavy atom. The molecule has 1 atom stereocenters. The van der Waals surface area contributed by atoms with Gasteiger partial charge in [-0.2, -0.15) is 0 Å². The van der Waals surface area contributed by atoms with Gasteiger partial charge in [-0.25, -0.2) is 0 Å². The summed E-state index contributed by atoms with van der Waals surface area (Å²) in [6.45, 7) is 6.39. The van der Waals surface area contributed by atoms with Crippen LogP contribution in [0.4, 0.5) is 0 Å². The Morgan fingerprint density at radius 2 is 0.789 bits per heavy atom. The average molecular weight is 795 g/mol. The number of hydrogen-bond acceptors (Lipinski definition) is 6. The Bertz CT molecular complexity index is 1100. The molecule has 0 aliphatic rings. The SMILES string of the molecule is CC\C=C/C=C\C=C/CCCCCCCC(=O)OCC(COC(=O)CCCCC/C=C\CCCCCCCC)OC(=O)CC/C=C\C/C=C\CCCCCCCC. The standard InChI is InChI=1S/C51H86O6/c1-4-7-10-13-16-19-22-25-28-31-34-37-40-43-49(52)55-46-48(57-51(54)45-42-39-36-33-30-27-24-21-18-15-12-9-6-3)47-56-50(53)44-41-38-35-32-29-26-23-20-17-14-11-8-5-2/h7,10,13,16,19,22,26-27,29-30,36,39,48H,4-6,8-9,11-12,14-15,17-18,20-21,23-25,28,31-35,37-38,40-47H2,1-3H3/b10-7-,16-13-,22-19-,29-26-,30-27-,39-36-. The molecule has 0 amide bonds. The minimum Gasteiger partial charge on any atom is -0.462 e. The van der Waals surface area contributed by atoms with Gasteiger partial charge in [0.15, 0.2) is 6.10 Å². The van der Waals surface area contributed by atoms with Crippen LogP contribution in [0.3, 0.4) is 0 Å². The first-order chi connectivity index (χ1) is 28.0. The molecule has 0 saturated heterocycles. The minimum absolute atomic E-state index is 0.113. The summed E-state index contributed by atoms with van der Waals surface area (Å²) >= 11 is 0. The lowest BCUT2D eigenvalue weighted by Crippen LogP contribution is -2.30. The molecule has 6 nitrogen and oxygen atoms in total. The number of carbonyl (C=O) groups is 3. The van der Waals surface area contributed by atoms with Crippen LogP contribution in [0.1, 0.15) is 213 Å². The van der Waals surface area contributed by atoms with Gasteiger partial charge < -0.3 is 14.2 Å². The number of hydrogen-bond donors (Lipinski definition) is 0. The van der Waals surface area contributed by atoms with E-state index in [9.17, 15) is 14.4 Å². The van der Waals surface area contributed by atoms with Gasteiger partial charge >= 0.3 is 17.9 Å². The fraction of sp³-hybridized carbons (Fsp3) is 0.706. The van der Waals surface area contributed by atoms with E-state index in [0.29, 0.717) is 19.3 Å². The molecule has 0 aromatic heterocycles. The molecular formula is C51H86O6. The van der Waals surface area contributed by atoms with Gasteiger partial charge in [-0.1, -0.05) is 184 Å². The monoisotopic (exact) mass is 795 g/mol. The van der Waals surface area contributed by atoms with Crippen LogP contribution in [-0.4, -0.2) is 37.2 Å². The van der Waals surface area contributed by atoms with Gasteiger partial charge in [-0.3, -0.25) is 14.4 Å². The Hall–Kier alpha value is -3.15. The van der Waals surface area contributed by atoms with Gasteiger partial charge in [0.05, 0.1) is 0 Å². The number of allylic oxidation sites excluding steroid dienone is 12. The Balaban J connectivity index is 4.51. The van der Waals surface area contributed by atoms with Crippen molar-refractivity contribution in [3.05, 3.63) is 72.9 Å². The highest BCUT2D eigenvalue weighted by Crippen LogP contribution is 2.12. The Morgan fingerprint density at radius 3 is 1.30 bits per heavy atom. The van der Waals surface area contributed by atoms with Crippen LogP contribution in [0.25, 0.3) is 0 Å². The number of unbranched alkanes of at least 4 members (excludes halogenated alkanes) is 20. The average Bonchev–Trinajstić information content (AvgIpc) is 3.21. The molecule has 57 heavy (non-hydrogen) atoms. The molecule has 0 spiro atoms. The topological polar surface area (TPSA) is 78.9 Å². The first-order valence-corrected chi connectivity index (χ1v) is 23.5. The highest BCUT2D eigenvalue weighted by molar-refractivity contribution is 5.71. The summed E-state index contributed by atoms with van der Waals surface area (Å²) in [6, 6.07) is 0. The van der Waals surface area contributed by atoms with Crippen LogP contribution in [-0.2, 0) is 28.6 Å². The molecule has 326 valence electrons. The molecule has 0 aromatic rings. The molecular weight excluding hydrogens is 709 g/mol. The summed E-state index contributed by atoms with van der Waals surface area (Å²) < 4.78 is 16.6. The highest BCUT2D eigenvalue weighted by Gasteiger charge is 2.19. The van der Waals surface area contributed by atoms with E-state index in [1.807, 2.05) is 6.08 Å². The molecule has 0 saturated carbocycles. The fourth-order valence-corrected chi connectivity index (χ4v) is 6.19. The molecule has 0 aromatic carbocycles. The van der Waals surface area contributed by atoms with Crippen LogP contribution < -0.4 is 0 Å². The maximum Gasteiger partial charge on any atom is 0.306 e. The second-order valence-electron chi connectivity index (χ2n) is 15.3. The van der Waals surface area contributed by atoms with Crippen molar-refractivity contribution in [2.75, 3.05) is 13.2 Å². The highest BCUT2D eigenvalue weighted by atomic mass is 16.6. The molecule has 0 radical (unpaired) electrons. The molecule has 6 heteroatoms. The fourth-order valence-electron chi connectivity index (χ4n) is 6.19. The maximum atomic E-state index is 12.7. The summed E-state index contributed by atoms with van der Waals surface area (Å²) in [5.74, 6) is -1.02. The number of esters is 3. The van der Waals surface area contributed by atoms with E-state index in [1.165, 1.54) is 77.0 Å². The third-order valence-electron chi connectivity index (χ3n) is 9.74. The van der Waals surface area contributed by atoms with E-state index in [2.05, 4.69) is 87.6 Å². The molecule has 0 rings (SSSR count). The van der Waals surface area contributed by atoms with E-state index in [1.54, 1.807) is 0 Å². The van der Waals surface area contributed by atoms with Crippen molar-refractivity contribution in [2.24, 2.45) is 0 Å². The predicted molar refractivity (Wildman–Crippen MR) is 242 cm³/mol. The van der Waals surface area contributed by atoms with Crippen molar-refractivity contribution in [3.63, 3.8) is 0 Å². The molecule has 0 fully saturated rings. The zero-order chi connectivity index (χ0) is 41.5. The van der Waals surface area contributed by atoms with Crippen molar-refractivity contribution >= 4 is 17.9 Å². The van der Waals surface area contributed by atoms with Crippen LogP contribution in [0.5, 0.6) is 0 Å². The summed E-state index contributed by atoms with van der Waals surface area (Å²) in [5.41, 5.74) is 0. The molecule has 0 bridgehead atoms. The van der Waals surface area contributed by atoms with Crippen LogP contribution in [0.2, 0.25) is 0 Å². The van der Waals surface area contributed by atoms with Crippen LogP contribution >= 0.6 is 0 Å². The minimum atomic E-state index is -0.818. The van der Waals surface area contributed by atoms with Crippen LogP contribution in [0, 0.1) is 0 Å². The second-order valence-corrected chi connectivity index (χ2v) is 15.3. The zero-order valence-corrected chi connectivity index (χ0v) is 37.1. The van der Waals surface area contributed by atoms with Crippen molar-refractivity contribution in [3.8, 4) is 0 Å². The summed E-state index contributed by atoms with van der Waals surface area (Å²) in [7, 11) is 0. The smallest absolute Gasteiger partial charge is 0.306 e. The van der Waals surface area contributed by atoms with Crippen molar-refractivity contribution in [1.82, 2.24) is 0 Å². The molecule has 0 heterocycles. The largest absolute Gasteiger partial charge is 0.462 e. The third-order valence-corrected chi connectivity index (χ3v) is 9.74. The predicted octanol–water partition coefficient (Wildman–Crippen LogP) is 15.1. The summed E-state index contributed by atoms with van der Waals surface area (Å²) in [5, 5.41) is 0. The second kappa shape index (κ2) is 45.6. The van der Waals surface area contributed by atoms with Crippen molar-refractivity contribution in [2.45, 2.75) is 219 Å². The lowest BCUT2D eigenvalue weighted by molar-refractivity contribution is -0.166. The van der Waals surface area contributed by atoms with E-state index in [-0.39, 0.29) is 37.5 Å². The maximum absolute atomic E-state index is 12.7. The van der Waals surface area contributed by atoms with E-state index in [4.69, 9.17) is 14.2 Å². The van der Waals surface area contributed by atoms with Crippen LogP contribution in [0.15, 0.2) is 72.9 Å². The molecule has 0 N–H and O–H groups in total. The first-order valence-electron chi connectivity index (χ1n) is 23.5. The van der Waals surface area contributed by atoms with Gasteiger partial charge in [-0.15, -0.1) is 0 Å². The molecule has 0 aliphatic carbocycles. The molecule has 0 aliphatic heterocycles. The van der Waals surface area contributed by atoms with Gasteiger partial charge in [0, 0.05) is 19.3 Å². The van der Waals surface area contributed by atoms with Gasteiger partial charge in [0.25, 0.3) is 0 Å². The number of rotatable bonds is 41. The summed E-state index contributed by atoms with van der Waals surface area (Å²) in [4.78, 5) is 37.7.